The number of hydrogen-bond acceptors (Lipinski definition) is 4. The molecule has 1 saturated carbocycles. The lowest BCUT2D eigenvalue weighted by molar-refractivity contribution is 0.000989. The second-order valence-electron chi connectivity index (χ2n) is 8.27. The highest BCUT2D eigenvalue weighted by Crippen LogP contribution is 2.26. The van der Waals surface area contributed by atoms with Gasteiger partial charge in [-0.3, -0.25) is 4.99 Å². The van der Waals surface area contributed by atoms with Crippen LogP contribution in [0.2, 0.25) is 0 Å². The van der Waals surface area contributed by atoms with Gasteiger partial charge in [0, 0.05) is 31.8 Å². The van der Waals surface area contributed by atoms with Crippen LogP contribution in [0.3, 0.4) is 0 Å². The van der Waals surface area contributed by atoms with E-state index in [0.29, 0.717) is 25.9 Å². The zero-order valence-corrected chi connectivity index (χ0v) is 21.5. The SMILES string of the molecule is CCNC(=NCCOCc1ccccc1OC)N1CCC(OCC2CCCC2)CC1.I. The van der Waals surface area contributed by atoms with E-state index in [2.05, 4.69) is 17.1 Å². The Morgan fingerprint density at radius 2 is 1.87 bits per heavy atom. The molecule has 0 amide bonds. The Bertz CT molecular complexity index is 645. The Morgan fingerprint density at radius 3 is 2.58 bits per heavy atom. The van der Waals surface area contributed by atoms with E-state index in [1.54, 1.807) is 7.11 Å². The topological polar surface area (TPSA) is 55.3 Å². The van der Waals surface area contributed by atoms with Gasteiger partial charge in [-0.15, -0.1) is 24.0 Å². The molecule has 1 aromatic carbocycles. The van der Waals surface area contributed by atoms with E-state index in [1.807, 2.05) is 24.3 Å². The third-order valence-corrected chi connectivity index (χ3v) is 6.07. The molecule has 0 atom stereocenters. The lowest BCUT2D eigenvalue weighted by atomic mass is 10.1. The van der Waals surface area contributed by atoms with Crippen LogP contribution in [0.5, 0.6) is 5.75 Å². The first-order chi connectivity index (χ1) is 14.8. The molecule has 31 heavy (non-hydrogen) atoms. The van der Waals surface area contributed by atoms with Crippen molar-refractivity contribution in [3.63, 3.8) is 0 Å². The van der Waals surface area contributed by atoms with Gasteiger partial charge in [0.15, 0.2) is 5.96 Å². The standard InChI is InChI=1S/C24H39N3O3.HI/c1-3-25-24(26-14-17-29-19-21-10-6-7-11-23(21)28-2)27-15-12-22(13-16-27)30-18-20-8-4-5-9-20;/h6-7,10-11,20,22H,3-5,8-9,12-19H2,1-2H3,(H,25,26);1H. The molecule has 6 nitrogen and oxygen atoms in total. The zero-order valence-electron chi connectivity index (χ0n) is 19.2. The Morgan fingerprint density at radius 1 is 1.13 bits per heavy atom. The van der Waals surface area contributed by atoms with E-state index in [9.17, 15) is 0 Å². The van der Waals surface area contributed by atoms with Crippen molar-refractivity contribution < 1.29 is 14.2 Å². The van der Waals surface area contributed by atoms with Crippen molar-refractivity contribution in [2.75, 3.05) is 46.5 Å². The van der Waals surface area contributed by atoms with Gasteiger partial charge in [-0.2, -0.15) is 0 Å². The Kier molecular flexibility index (Phi) is 12.6. The van der Waals surface area contributed by atoms with Crippen LogP contribution in [0.1, 0.15) is 51.0 Å². The minimum absolute atomic E-state index is 0. The number of halogens is 1. The number of guanidine groups is 1. The van der Waals surface area contributed by atoms with Gasteiger partial charge >= 0.3 is 0 Å². The summed E-state index contributed by atoms with van der Waals surface area (Å²) in [5.41, 5.74) is 1.07. The molecule has 1 heterocycles. The first-order valence-electron chi connectivity index (χ1n) is 11.6. The molecule has 3 rings (SSSR count). The maximum atomic E-state index is 6.21. The second-order valence-corrected chi connectivity index (χ2v) is 8.27. The number of benzene rings is 1. The van der Waals surface area contributed by atoms with Crippen molar-refractivity contribution in [3.05, 3.63) is 29.8 Å². The quantitative estimate of drug-likeness (QED) is 0.204. The second kappa shape index (κ2) is 14.9. The van der Waals surface area contributed by atoms with Gasteiger partial charge in [-0.1, -0.05) is 31.0 Å². The Labute approximate surface area is 205 Å². The van der Waals surface area contributed by atoms with E-state index in [4.69, 9.17) is 19.2 Å². The highest BCUT2D eigenvalue weighted by molar-refractivity contribution is 14.0. The number of hydrogen-bond donors (Lipinski definition) is 1. The normalized spacial score (nSPS) is 18.1. The minimum Gasteiger partial charge on any atom is -0.496 e. The van der Waals surface area contributed by atoms with E-state index in [1.165, 1.54) is 25.7 Å². The molecule has 0 bridgehead atoms. The van der Waals surface area contributed by atoms with Crippen LogP contribution in [0, 0.1) is 5.92 Å². The van der Waals surface area contributed by atoms with Gasteiger partial charge in [0.1, 0.15) is 5.75 Å². The average molecular weight is 546 g/mol. The Balaban J connectivity index is 0.00000341. The molecule has 1 aromatic rings. The molecule has 0 spiro atoms. The van der Waals surface area contributed by atoms with Crippen LogP contribution in [-0.4, -0.2) is 63.5 Å². The third-order valence-electron chi connectivity index (χ3n) is 6.07. The largest absolute Gasteiger partial charge is 0.496 e. The van der Waals surface area contributed by atoms with Crippen LogP contribution < -0.4 is 10.1 Å². The van der Waals surface area contributed by atoms with Crippen LogP contribution in [-0.2, 0) is 16.1 Å². The van der Waals surface area contributed by atoms with E-state index >= 15 is 0 Å². The fourth-order valence-corrected chi connectivity index (χ4v) is 4.33. The van der Waals surface area contributed by atoms with E-state index in [0.717, 1.165) is 62.3 Å². The number of aliphatic imine (C=N–C) groups is 1. The fraction of sp³-hybridized carbons (Fsp3) is 0.708. The number of methoxy groups -OCH3 is 1. The van der Waals surface area contributed by atoms with Crippen molar-refractivity contribution in [2.45, 2.75) is 58.2 Å². The molecule has 1 saturated heterocycles. The number of para-hydroxylation sites is 1. The third kappa shape index (κ3) is 8.77. The molecule has 7 heteroatoms. The minimum atomic E-state index is 0. The van der Waals surface area contributed by atoms with Gasteiger partial charge < -0.3 is 24.4 Å². The van der Waals surface area contributed by atoms with Gasteiger partial charge in [-0.25, -0.2) is 0 Å². The summed E-state index contributed by atoms with van der Waals surface area (Å²) in [5.74, 6) is 2.66. The van der Waals surface area contributed by atoms with E-state index < -0.39 is 0 Å². The highest BCUT2D eigenvalue weighted by Gasteiger charge is 2.23. The Hall–Kier alpha value is -1.06. The average Bonchev–Trinajstić information content (AvgIpc) is 3.31. The summed E-state index contributed by atoms with van der Waals surface area (Å²) in [6, 6.07) is 7.97. The maximum absolute atomic E-state index is 6.21. The molecule has 0 unspecified atom stereocenters. The van der Waals surface area contributed by atoms with Gasteiger partial charge in [0.25, 0.3) is 0 Å². The van der Waals surface area contributed by atoms with Crippen LogP contribution in [0.15, 0.2) is 29.3 Å². The zero-order chi connectivity index (χ0) is 21.0. The first-order valence-corrected chi connectivity index (χ1v) is 11.6. The van der Waals surface area contributed by atoms with Crippen LogP contribution in [0.4, 0.5) is 0 Å². The first kappa shape index (κ1) is 26.2. The number of nitrogens with one attached hydrogen (secondary N) is 1. The lowest BCUT2D eigenvalue weighted by Crippen LogP contribution is -2.47. The molecule has 176 valence electrons. The van der Waals surface area contributed by atoms with Crippen molar-refractivity contribution in [2.24, 2.45) is 10.9 Å². The van der Waals surface area contributed by atoms with Gasteiger partial charge in [0.05, 0.1) is 33.0 Å². The molecular formula is C24H40IN3O3. The molecule has 1 aliphatic heterocycles. The summed E-state index contributed by atoms with van der Waals surface area (Å²) < 4.78 is 17.4. The van der Waals surface area contributed by atoms with Crippen molar-refractivity contribution in [1.29, 1.82) is 0 Å². The smallest absolute Gasteiger partial charge is 0.193 e. The maximum Gasteiger partial charge on any atom is 0.193 e. The van der Waals surface area contributed by atoms with Crippen LogP contribution >= 0.6 is 24.0 Å². The molecular weight excluding hydrogens is 505 g/mol. The van der Waals surface area contributed by atoms with E-state index in [-0.39, 0.29) is 24.0 Å². The number of piperidine rings is 1. The van der Waals surface area contributed by atoms with Crippen molar-refractivity contribution >= 4 is 29.9 Å². The predicted octanol–water partition coefficient (Wildman–Crippen LogP) is 4.47. The summed E-state index contributed by atoms with van der Waals surface area (Å²) in [6.07, 6.45) is 8.07. The molecule has 2 aliphatic rings. The highest BCUT2D eigenvalue weighted by atomic mass is 127. The summed E-state index contributed by atoms with van der Waals surface area (Å²) in [4.78, 5) is 7.14. The fourth-order valence-electron chi connectivity index (χ4n) is 4.33. The van der Waals surface area contributed by atoms with Gasteiger partial charge in [-0.05, 0) is 44.6 Å². The van der Waals surface area contributed by atoms with Crippen molar-refractivity contribution in [3.8, 4) is 5.75 Å². The molecule has 0 aromatic heterocycles. The number of likely N-dealkylation sites (tertiary alicyclic amines) is 1. The molecule has 0 radical (unpaired) electrons. The number of nitrogens with zero attached hydrogens (tertiary/aromatic N) is 2. The number of rotatable bonds is 10. The summed E-state index contributed by atoms with van der Waals surface area (Å²) >= 11 is 0. The summed E-state index contributed by atoms with van der Waals surface area (Å²) in [7, 11) is 1.69. The molecule has 1 aliphatic carbocycles. The van der Waals surface area contributed by atoms with Crippen molar-refractivity contribution in [1.82, 2.24) is 10.2 Å². The summed E-state index contributed by atoms with van der Waals surface area (Å²) in [5, 5.41) is 3.43. The molecule has 1 N–H and O–H groups in total. The summed E-state index contributed by atoms with van der Waals surface area (Å²) in [6.45, 7) is 7.74. The number of ether oxygens (including phenoxy) is 3. The van der Waals surface area contributed by atoms with Crippen LogP contribution in [0.25, 0.3) is 0 Å². The predicted molar refractivity (Wildman–Crippen MR) is 137 cm³/mol. The van der Waals surface area contributed by atoms with Gasteiger partial charge in [0.2, 0.25) is 0 Å². The lowest BCUT2D eigenvalue weighted by Gasteiger charge is -2.34. The monoisotopic (exact) mass is 545 g/mol. The molecule has 2 fully saturated rings.